The summed E-state index contributed by atoms with van der Waals surface area (Å²) >= 11 is 0. The summed E-state index contributed by atoms with van der Waals surface area (Å²) in [5.41, 5.74) is 11.7. The van der Waals surface area contributed by atoms with Gasteiger partial charge in [-0.1, -0.05) is 91.0 Å². The van der Waals surface area contributed by atoms with Gasteiger partial charge in [0.1, 0.15) is 11.5 Å². The topological polar surface area (TPSA) is 17.4 Å². The first-order chi connectivity index (χ1) is 24.1. The summed E-state index contributed by atoms with van der Waals surface area (Å²) in [5.74, 6) is 1.79. The Morgan fingerprint density at radius 3 is 2.08 bits per heavy atom. The van der Waals surface area contributed by atoms with Gasteiger partial charge in [-0.2, -0.15) is 0 Å². The van der Waals surface area contributed by atoms with Crippen molar-refractivity contribution < 1.29 is 4.74 Å². The Bertz CT molecular complexity index is 2750. The summed E-state index contributed by atoms with van der Waals surface area (Å²) in [6.45, 7) is 4.36. The Morgan fingerprint density at radius 2 is 1.20 bits per heavy atom. The van der Waals surface area contributed by atoms with E-state index in [-0.39, 0.29) is 0 Å². The van der Waals surface area contributed by atoms with Gasteiger partial charge in [-0.25, -0.2) is 0 Å². The number of aryl methyl sites for hydroxylation is 2. The van der Waals surface area contributed by atoms with Crippen molar-refractivity contribution in [3.63, 3.8) is 0 Å². The molecular weight excluding hydrogens is 597 g/mol. The van der Waals surface area contributed by atoms with Crippen LogP contribution in [0.25, 0.3) is 60.2 Å². The molecule has 1 aliphatic rings. The largest absolute Gasteiger partial charge is 0.456 e. The molecule has 0 unspecified atom stereocenters. The highest BCUT2D eigenvalue weighted by Crippen LogP contribution is 2.51. The van der Waals surface area contributed by atoms with E-state index in [1.807, 2.05) is 6.07 Å². The van der Waals surface area contributed by atoms with E-state index >= 15 is 0 Å². The minimum atomic E-state index is 0.890. The molecular formula is C46H32N2O. The van der Waals surface area contributed by atoms with Crippen LogP contribution >= 0.6 is 0 Å². The van der Waals surface area contributed by atoms with Gasteiger partial charge in [-0.3, -0.25) is 0 Å². The van der Waals surface area contributed by atoms with E-state index < -0.39 is 0 Å². The summed E-state index contributed by atoms with van der Waals surface area (Å²) in [5, 5.41) is 7.28. The number of hydrogen-bond acceptors (Lipinski definition) is 2. The molecule has 10 rings (SSSR count). The Hall–Kier alpha value is -6.32. The maximum absolute atomic E-state index is 6.50. The van der Waals surface area contributed by atoms with Gasteiger partial charge >= 0.3 is 0 Å². The molecule has 9 aromatic rings. The predicted molar refractivity (Wildman–Crippen MR) is 205 cm³/mol. The summed E-state index contributed by atoms with van der Waals surface area (Å²) in [6, 6.07) is 57.1. The van der Waals surface area contributed by atoms with Crippen LogP contribution in [-0.2, 0) is 0 Å². The molecule has 0 radical (unpaired) electrons. The van der Waals surface area contributed by atoms with Crippen molar-refractivity contribution in [3.8, 4) is 28.3 Å². The minimum Gasteiger partial charge on any atom is -0.456 e. The van der Waals surface area contributed by atoms with Crippen molar-refractivity contribution >= 4 is 60.4 Å². The quantitative estimate of drug-likeness (QED) is 0.193. The number of fused-ring (bicyclic) bond motifs is 7. The molecule has 232 valence electrons. The highest BCUT2D eigenvalue weighted by atomic mass is 16.5. The highest BCUT2D eigenvalue weighted by molar-refractivity contribution is 6.22. The van der Waals surface area contributed by atoms with Gasteiger partial charge in [0.25, 0.3) is 0 Å². The Labute approximate surface area is 284 Å². The standard InChI is InChI=1S/C46H32N2O/c1-29-25-30(2)27-34(26-29)47(40-24-21-37-36-15-8-9-17-43(36)49-44-18-10-16-38(40)46(37)44)33-20-23-41-39(28-33)45-35-14-7-6-11-31(35)19-22-42(45)48(41)32-12-4-3-5-13-32/h3-28H,1-2H3. The average molecular weight is 629 g/mol. The van der Waals surface area contributed by atoms with Crippen LogP contribution in [-0.4, -0.2) is 4.57 Å². The molecule has 0 fully saturated rings. The fraction of sp³-hybridized carbons (Fsp3) is 0.0435. The van der Waals surface area contributed by atoms with Crippen LogP contribution in [0.3, 0.4) is 0 Å². The molecule has 2 heterocycles. The predicted octanol–water partition coefficient (Wildman–Crippen LogP) is 12.9. The lowest BCUT2D eigenvalue weighted by atomic mass is 9.93. The van der Waals surface area contributed by atoms with Crippen LogP contribution in [0.15, 0.2) is 158 Å². The summed E-state index contributed by atoms with van der Waals surface area (Å²) in [7, 11) is 0. The molecule has 0 aliphatic carbocycles. The average Bonchev–Trinajstić information content (AvgIpc) is 3.47. The molecule has 3 heteroatoms. The number of nitrogens with zero attached hydrogens (tertiary/aromatic N) is 2. The fourth-order valence-corrected chi connectivity index (χ4v) is 8.04. The van der Waals surface area contributed by atoms with E-state index in [0.29, 0.717) is 0 Å². The van der Waals surface area contributed by atoms with Crippen LogP contribution in [0.5, 0.6) is 11.5 Å². The number of benzene rings is 8. The van der Waals surface area contributed by atoms with Crippen molar-refractivity contribution in [1.29, 1.82) is 0 Å². The van der Waals surface area contributed by atoms with E-state index in [4.69, 9.17) is 4.74 Å². The number of rotatable bonds is 4. The lowest BCUT2D eigenvalue weighted by Gasteiger charge is -2.30. The van der Waals surface area contributed by atoms with Gasteiger partial charge in [0, 0.05) is 44.2 Å². The van der Waals surface area contributed by atoms with Crippen molar-refractivity contribution in [3.05, 3.63) is 169 Å². The molecule has 3 nitrogen and oxygen atoms in total. The smallest absolute Gasteiger partial charge is 0.135 e. The van der Waals surface area contributed by atoms with Gasteiger partial charge in [0.15, 0.2) is 0 Å². The monoisotopic (exact) mass is 628 g/mol. The normalized spacial score (nSPS) is 12.0. The Kier molecular flexibility index (Phi) is 6.00. The summed E-state index contributed by atoms with van der Waals surface area (Å²) in [4.78, 5) is 2.43. The molecule has 49 heavy (non-hydrogen) atoms. The molecule has 8 aromatic carbocycles. The Morgan fingerprint density at radius 1 is 0.469 bits per heavy atom. The van der Waals surface area contributed by atoms with Crippen LogP contribution < -0.4 is 9.64 Å². The molecule has 0 saturated carbocycles. The van der Waals surface area contributed by atoms with Gasteiger partial charge in [-0.05, 0) is 108 Å². The first kappa shape index (κ1) is 27.8. The summed E-state index contributed by atoms with van der Waals surface area (Å²) in [6.07, 6.45) is 0. The minimum absolute atomic E-state index is 0.890. The SMILES string of the molecule is Cc1cc(C)cc(N(c2ccc3c(c2)c2c4ccccc4ccc2n3-c2ccccc2)c2ccc3c4c(cccc24)Oc2ccccc2-3)c1. The maximum Gasteiger partial charge on any atom is 0.135 e. The lowest BCUT2D eigenvalue weighted by Crippen LogP contribution is -2.12. The summed E-state index contributed by atoms with van der Waals surface area (Å²) < 4.78 is 8.91. The lowest BCUT2D eigenvalue weighted by molar-refractivity contribution is 0.487. The van der Waals surface area contributed by atoms with Crippen molar-refractivity contribution in [2.24, 2.45) is 0 Å². The van der Waals surface area contributed by atoms with Crippen LogP contribution in [0.1, 0.15) is 11.1 Å². The second-order valence-corrected chi connectivity index (χ2v) is 13.1. The molecule has 1 aliphatic heterocycles. The molecule has 1 aromatic heterocycles. The van der Waals surface area contributed by atoms with Gasteiger partial charge in [-0.15, -0.1) is 0 Å². The molecule has 0 amide bonds. The van der Waals surface area contributed by atoms with E-state index in [0.717, 1.165) is 50.6 Å². The second kappa shape index (κ2) is 10.6. The number of para-hydroxylation sites is 2. The number of aromatic nitrogens is 1. The van der Waals surface area contributed by atoms with Crippen molar-refractivity contribution in [2.45, 2.75) is 13.8 Å². The zero-order valence-electron chi connectivity index (χ0n) is 27.3. The van der Waals surface area contributed by atoms with Gasteiger partial charge in [0.2, 0.25) is 0 Å². The van der Waals surface area contributed by atoms with E-state index in [1.54, 1.807) is 0 Å². The highest BCUT2D eigenvalue weighted by Gasteiger charge is 2.25. The van der Waals surface area contributed by atoms with Crippen LogP contribution in [0.2, 0.25) is 0 Å². The van der Waals surface area contributed by atoms with Crippen molar-refractivity contribution in [1.82, 2.24) is 4.57 Å². The zero-order valence-corrected chi connectivity index (χ0v) is 27.3. The molecule has 0 N–H and O–H groups in total. The third-order valence-corrected chi connectivity index (χ3v) is 9.99. The third-order valence-electron chi connectivity index (χ3n) is 9.99. The number of ether oxygens (including phenoxy) is 1. The van der Waals surface area contributed by atoms with Crippen LogP contribution in [0.4, 0.5) is 17.1 Å². The number of anilines is 3. The van der Waals surface area contributed by atoms with Crippen molar-refractivity contribution in [2.75, 3.05) is 4.90 Å². The molecule has 0 spiro atoms. The van der Waals surface area contributed by atoms with E-state index in [2.05, 4.69) is 175 Å². The van der Waals surface area contributed by atoms with E-state index in [1.165, 1.54) is 49.3 Å². The van der Waals surface area contributed by atoms with Gasteiger partial charge in [0.05, 0.1) is 16.7 Å². The third kappa shape index (κ3) is 4.22. The fourth-order valence-electron chi connectivity index (χ4n) is 8.04. The van der Waals surface area contributed by atoms with E-state index in [9.17, 15) is 0 Å². The number of hydrogen-bond donors (Lipinski definition) is 0. The van der Waals surface area contributed by atoms with Crippen LogP contribution in [0, 0.1) is 13.8 Å². The molecule has 0 bridgehead atoms. The zero-order chi connectivity index (χ0) is 32.6. The Balaban J connectivity index is 1.29. The van der Waals surface area contributed by atoms with Gasteiger partial charge < -0.3 is 14.2 Å². The maximum atomic E-state index is 6.50. The molecule has 0 saturated heterocycles. The first-order valence-electron chi connectivity index (χ1n) is 16.9. The second-order valence-electron chi connectivity index (χ2n) is 13.1. The first-order valence-corrected chi connectivity index (χ1v) is 16.9. The molecule has 0 atom stereocenters.